The lowest BCUT2D eigenvalue weighted by molar-refractivity contribution is 0.163. The van der Waals surface area contributed by atoms with Crippen molar-refractivity contribution in [2.24, 2.45) is 5.73 Å². The quantitative estimate of drug-likeness (QED) is 0.740. The summed E-state index contributed by atoms with van der Waals surface area (Å²) in [7, 11) is 1.60. The first-order valence-corrected chi connectivity index (χ1v) is 2.98. The van der Waals surface area contributed by atoms with Crippen LogP contribution in [0.25, 0.3) is 0 Å². The van der Waals surface area contributed by atoms with Crippen LogP contribution in [0, 0.1) is 0 Å². The van der Waals surface area contributed by atoms with E-state index in [0.29, 0.717) is 18.9 Å². The highest BCUT2D eigenvalue weighted by molar-refractivity contribution is 5.85. The summed E-state index contributed by atoms with van der Waals surface area (Å²) in [5, 5.41) is 0. The van der Waals surface area contributed by atoms with Gasteiger partial charge in [0.2, 0.25) is 0 Å². The smallest absolute Gasteiger partial charge is 0.181 e. The van der Waals surface area contributed by atoms with E-state index < -0.39 is 0 Å². The Bertz CT molecular complexity index is 202. The molecule has 1 aromatic rings. The molecule has 64 valence electrons. The third kappa shape index (κ3) is 2.49. The standard InChI is InChI=1S/C6H10N2O2.ClH/c1-9-3-6-5(2-7)8-4-10-6;/h4H,2-3,7H2,1H3;1H. The Labute approximate surface area is 71.1 Å². The summed E-state index contributed by atoms with van der Waals surface area (Å²) < 4.78 is 9.82. The molecule has 1 rings (SSSR count). The van der Waals surface area contributed by atoms with Crippen LogP contribution in [0.2, 0.25) is 0 Å². The molecule has 0 bridgehead atoms. The van der Waals surface area contributed by atoms with Gasteiger partial charge in [0.05, 0.1) is 5.69 Å². The number of ether oxygens (including phenoxy) is 1. The molecule has 0 spiro atoms. The first kappa shape index (κ1) is 10.4. The molecule has 1 heterocycles. The minimum Gasteiger partial charge on any atom is -0.446 e. The average molecular weight is 179 g/mol. The minimum atomic E-state index is 0. The predicted molar refractivity (Wildman–Crippen MR) is 42.4 cm³/mol. The molecule has 0 aliphatic rings. The maximum Gasteiger partial charge on any atom is 0.181 e. The molecular weight excluding hydrogens is 168 g/mol. The molecule has 0 fully saturated rings. The summed E-state index contributed by atoms with van der Waals surface area (Å²) in [4.78, 5) is 3.88. The maximum absolute atomic E-state index is 5.35. The molecule has 0 saturated carbocycles. The number of hydrogen-bond acceptors (Lipinski definition) is 4. The number of aromatic nitrogens is 1. The molecule has 0 unspecified atom stereocenters. The van der Waals surface area contributed by atoms with E-state index in [0.717, 1.165) is 5.69 Å². The zero-order valence-corrected chi connectivity index (χ0v) is 7.06. The molecule has 4 nitrogen and oxygen atoms in total. The van der Waals surface area contributed by atoms with Crippen LogP contribution >= 0.6 is 12.4 Å². The zero-order chi connectivity index (χ0) is 7.40. The summed E-state index contributed by atoms with van der Waals surface area (Å²) in [6.07, 6.45) is 1.37. The number of oxazole rings is 1. The molecule has 11 heavy (non-hydrogen) atoms. The Hall–Kier alpha value is -0.580. The summed E-state index contributed by atoms with van der Waals surface area (Å²) in [6.45, 7) is 0.835. The average Bonchev–Trinajstić information content (AvgIpc) is 2.36. The van der Waals surface area contributed by atoms with Crippen molar-refractivity contribution in [3.8, 4) is 0 Å². The van der Waals surface area contributed by atoms with E-state index >= 15 is 0 Å². The van der Waals surface area contributed by atoms with E-state index in [2.05, 4.69) is 4.98 Å². The lowest BCUT2D eigenvalue weighted by Crippen LogP contribution is -2.00. The topological polar surface area (TPSA) is 61.3 Å². The third-order valence-electron chi connectivity index (χ3n) is 1.19. The molecule has 0 amide bonds. The highest BCUT2D eigenvalue weighted by atomic mass is 35.5. The van der Waals surface area contributed by atoms with Crippen molar-refractivity contribution in [1.82, 2.24) is 4.98 Å². The molecule has 5 heteroatoms. The largest absolute Gasteiger partial charge is 0.446 e. The van der Waals surface area contributed by atoms with Crippen molar-refractivity contribution in [2.75, 3.05) is 7.11 Å². The molecule has 1 aromatic heterocycles. The number of rotatable bonds is 3. The second-order valence-electron chi connectivity index (χ2n) is 1.86. The van der Waals surface area contributed by atoms with Gasteiger partial charge in [-0.2, -0.15) is 0 Å². The van der Waals surface area contributed by atoms with Gasteiger partial charge in [0.15, 0.2) is 12.2 Å². The molecule has 0 saturated heterocycles. The molecular formula is C6H11ClN2O2. The summed E-state index contributed by atoms with van der Waals surface area (Å²) in [6, 6.07) is 0. The van der Waals surface area contributed by atoms with Crippen molar-refractivity contribution >= 4 is 12.4 Å². The van der Waals surface area contributed by atoms with Crippen LogP contribution in [0.1, 0.15) is 11.5 Å². The lowest BCUT2D eigenvalue weighted by Gasteiger charge is -1.94. The van der Waals surface area contributed by atoms with Crippen LogP contribution in [-0.4, -0.2) is 12.1 Å². The van der Waals surface area contributed by atoms with Gasteiger partial charge in [0.25, 0.3) is 0 Å². The second kappa shape index (κ2) is 5.12. The van der Waals surface area contributed by atoms with Crippen LogP contribution < -0.4 is 5.73 Å². The number of halogens is 1. The predicted octanol–water partition coefficient (Wildman–Crippen LogP) is 0.702. The van der Waals surface area contributed by atoms with Gasteiger partial charge >= 0.3 is 0 Å². The number of methoxy groups -OCH3 is 1. The van der Waals surface area contributed by atoms with Crippen LogP contribution in [0.4, 0.5) is 0 Å². The Morgan fingerprint density at radius 2 is 2.45 bits per heavy atom. The van der Waals surface area contributed by atoms with E-state index in [1.807, 2.05) is 0 Å². The Morgan fingerprint density at radius 3 is 3.00 bits per heavy atom. The Kier molecular flexibility index (Phi) is 4.85. The third-order valence-corrected chi connectivity index (χ3v) is 1.19. The molecule has 2 N–H and O–H groups in total. The SMILES string of the molecule is COCc1ocnc1CN.Cl. The van der Waals surface area contributed by atoms with E-state index in [4.69, 9.17) is 14.9 Å². The van der Waals surface area contributed by atoms with Crippen LogP contribution in [0.5, 0.6) is 0 Å². The van der Waals surface area contributed by atoms with Crippen LogP contribution in [0.15, 0.2) is 10.8 Å². The van der Waals surface area contributed by atoms with Crippen LogP contribution in [0.3, 0.4) is 0 Å². The number of nitrogens with two attached hydrogens (primary N) is 1. The first-order valence-electron chi connectivity index (χ1n) is 2.98. The summed E-state index contributed by atoms with van der Waals surface area (Å²) >= 11 is 0. The van der Waals surface area contributed by atoms with Gasteiger partial charge in [-0.25, -0.2) is 4.98 Å². The first-order chi connectivity index (χ1) is 4.88. The molecule has 0 atom stereocenters. The van der Waals surface area contributed by atoms with Gasteiger partial charge in [0, 0.05) is 13.7 Å². The number of nitrogens with zero attached hydrogens (tertiary/aromatic N) is 1. The van der Waals surface area contributed by atoms with Crippen molar-refractivity contribution in [3.05, 3.63) is 17.8 Å². The monoisotopic (exact) mass is 178 g/mol. The Morgan fingerprint density at radius 1 is 1.73 bits per heavy atom. The summed E-state index contributed by atoms with van der Waals surface area (Å²) in [5.74, 6) is 0.713. The fourth-order valence-corrected chi connectivity index (χ4v) is 0.709. The lowest BCUT2D eigenvalue weighted by atomic mass is 10.3. The summed E-state index contributed by atoms with van der Waals surface area (Å²) in [5.41, 5.74) is 6.11. The van der Waals surface area contributed by atoms with E-state index in [1.54, 1.807) is 7.11 Å². The van der Waals surface area contributed by atoms with Gasteiger partial charge < -0.3 is 14.9 Å². The van der Waals surface area contributed by atoms with E-state index in [-0.39, 0.29) is 12.4 Å². The van der Waals surface area contributed by atoms with Gasteiger partial charge in [-0.05, 0) is 0 Å². The molecule has 0 aromatic carbocycles. The molecule has 0 aliphatic carbocycles. The van der Waals surface area contributed by atoms with Gasteiger partial charge in [0.1, 0.15) is 6.61 Å². The van der Waals surface area contributed by atoms with Crippen molar-refractivity contribution in [3.63, 3.8) is 0 Å². The zero-order valence-electron chi connectivity index (χ0n) is 6.24. The maximum atomic E-state index is 5.35. The van der Waals surface area contributed by atoms with Gasteiger partial charge in [-0.15, -0.1) is 12.4 Å². The van der Waals surface area contributed by atoms with Crippen LogP contribution in [-0.2, 0) is 17.9 Å². The molecule has 0 radical (unpaired) electrons. The fourth-order valence-electron chi connectivity index (χ4n) is 0.709. The van der Waals surface area contributed by atoms with Crippen molar-refractivity contribution < 1.29 is 9.15 Å². The normalized spacial score (nSPS) is 9.27. The fraction of sp³-hybridized carbons (Fsp3) is 0.500. The second-order valence-corrected chi connectivity index (χ2v) is 1.86. The van der Waals surface area contributed by atoms with Crippen molar-refractivity contribution in [1.29, 1.82) is 0 Å². The van der Waals surface area contributed by atoms with E-state index in [9.17, 15) is 0 Å². The van der Waals surface area contributed by atoms with E-state index in [1.165, 1.54) is 6.39 Å². The number of hydrogen-bond donors (Lipinski definition) is 1. The van der Waals surface area contributed by atoms with Crippen molar-refractivity contribution in [2.45, 2.75) is 13.2 Å². The molecule has 0 aliphatic heterocycles. The Balaban J connectivity index is 0.000001000. The van der Waals surface area contributed by atoms with Gasteiger partial charge in [-0.3, -0.25) is 0 Å². The highest BCUT2D eigenvalue weighted by Gasteiger charge is 2.03. The minimum absolute atomic E-state index is 0. The van der Waals surface area contributed by atoms with Gasteiger partial charge in [-0.1, -0.05) is 0 Å². The highest BCUT2D eigenvalue weighted by Crippen LogP contribution is 2.05.